The molecule has 1 aromatic rings. The molecular weight excluding hydrogens is 326 g/mol. The lowest BCUT2D eigenvalue weighted by Gasteiger charge is -2.27. The molecule has 1 saturated heterocycles. The van der Waals surface area contributed by atoms with Crippen molar-refractivity contribution in [1.29, 1.82) is 0 Å². The summed E-state index contributed by atoms with van der Waals surface area (Å²) in [6.45, 7) is 8.34. The van der Waals surface area contributed by atoms with Crippen LogP contribution in [0.5, 0.6) is 0 Å². The minimum Gasteiger partial charge on any atom is -0.323 e. The fraction of sp³-hybridized carbons (Fsp3) is 0.524. The molecule has 0 spiro atoms. The Balaban J connectivity index is 1.60. The Kier molecular flexibility index (Phi) is 5.47. The van der Waals surface area contributed by atoms with Gasteiger partial charge in [-0.05, 0) is 42.9 Å². The molecule has 0 radical (unpaired) electrons. The van der Waals surface area contributed by atoms with E-state index in [0.717, 1.165) is 25.9 Å². The van der Waals surface area contributed by atoms with E-state index < -0.39 is 5.54 Å². The van der Waals surface area contributed by atoms with E-state index in [1.165, 1.54) is 20.9 Å². The Hall–Kier alpha value is -2.14. The number of hydrogen-bond donors (Lipinski definition) is 2. The molecule has 5 heteroatoms. The summed E-state index contributed by atoms with van der Waals surface area (Å²) in [6, 6.07) is 10.2. The molecule has 3 rings (SSSR count). The average Bonchev–Trinajstić information content (AvgIpc) is 2.85. The summed E-state index contributed by atoms with van der Waals surface area (Å²) >= 11 is 0. The summed E-state index contributed by atoms with van der Waals surface area (Å²) < 4.78 is 0. The van der Waals surface area contributed by atoms with E-state index in [9.17, 15) is 9.59 Å². The van der Waals surface area contributed by atoms with E-state index in [1.807, 2.05) is 13.0 Å². The van der Waals surface area contributed by atoms with Crippen LogP contribution in [0.15, 0.2) is 36.4 Å². The van der Waals surface area contributed by atoms with E-state index in [2.05, 4.69) is 49.5 Å². The van der Waals surface area contributed by atoms with Crippen molar-refractivity contribution in [2.24, 2.45) is 5.92 Å². The second kappa shape index (κ2) is 7.62. The molecule has 0 aromatic heterocycles. The Morgan fingerprint density at radius 2 is 1.96 bits per heavy atom. The number of carbonyl (C=O) groups is 2. The summed E-state index contributed by atoms with van der Waals surface area (Å²) in [4.78, 5) is 27.9. The van der Waals surface area contributed by atoms with Gasteiger partial charge in [-0.3, -0.25) is 4.79 Å². The van der Waals surface area contributed by atoms with E-state index in [-0.39, 0.29) is 11.9 Å². The number of nitrogens with zero attached hydrogens (tertiary/aromatic N) is 1. The van der Waals surface area contributed by atoms with Crippen molar-refractivity contribution in [2.75, 3.05) is 19.8 Å². The van der Waals surface area contributed by atoms with Gasteiger partial charge in [0.1, 0.15) is 5.54 Å². The smallest absolute Gasteiger partial charge is 0.323 e. The molecule has 2 N–H and O–H groups in total. The van der Waals surface area contributed by atoms with Crippen LogP contribution in [0.3, 0.4) is 0 Å². The van der Waals surface area contributed by atoms with Crippen LogP contribution < -0.4 is 10.2 Å². The summed E-state index contributed by atoms with van der Waals surface area (Å²) in [5.74, 6) is 0.438. The van der Waals surface area contributed by atoms with Crippen molar-refractivity contribution in [3.8, 4) is 0 Å². The number of imide groups is 1. The number of rotatable bonds is 6. The molecule has 1 fully saturated rings. The molecule has 2 atom stereocenters. The predicted molar refractivity (Wildman–Crippen MR) is 102 cm³/mol. The van der Waals surface area contributed by atoms with Crippen LogP contribution in [0.4, 0.5) is 4.79 Å². The van der Waals surface area contributed by atoms with Crippen LogP contribution in [-0.2, 0) is 4.79 Å². The van der Waals surface area contributed by atoms with Gasteiger partial charge in [-0.2, -0.15) is 0 Å². The molecule has 0 saturated carbocycles. The molecule has 140 valence electrons. The maximum atomic E-state index is 12.8. The first-order valence-electron chi connectivity index (χ1n) is 9.61. The molecule has 0 aliphatic carbocycles. The van der Waals surface area contributed by atoms with Gasteiger partial charge in [0.25, 0.3) is 5.91 Å². The number of benzene rings is 1. The maximum absolute atomic E-state index is 12.8. The monoisotopic (exact) mass is 356 g/mol. The van der Waals surface area contributed by atoms with Crippen LogP contribution in [0.25, 0.3) is 5.57 Å². The molecule has 1 aromatic carbocycles. The van der Waals surface area contributed by atoms with Gasteiger partial charge in [0, 0.05) is 6.42 Å². The first-order valence-corrected chi connectivity index (χ1v) is 9.61. The highest BCUT2D eigenvalue weighted by Crippen LogP contribution is 2.24. The van der Waals surface area contributed by atoms with Crippen molar-refractivity contribution < 1.29 is 14.5 Å². The molecule has 2 aliphatic heterocycles. The summed E-state index contributed by atoms with van der Waals surface area (Å²) in [6.07, 6.45) is 4.83. The lowest BCUT2D eigenvalue weighted by molar-refractivity contribution is -0.902. The van der Waals surface area contributed by atoms with Crippen LogP contribution in [0.1, 0.15) is 45.6 Å². The predicted octanol–water partition coefficient (Wildman–Crippen LogP) is 2.06. The minimum absolute atomic E-state index is 0.0755. The van der Waals surface area contributed by atoms with Crippen LogP contribution in [-0.4, -0.2) is 42.1 Å². The lowest BCUT2D eigenvalue weighted by Crippen LogP contribution is -3.14. The Morgan fingerprint density at radius 1 is 1.23 bits per heavy atom. The summed E-state index contributed by atoms with van der Waals surface area (Å²) in [5, 5.41) is 2.92. The van der Waals surface area contributed by atoms with E-state index in [1.54, 1.807) is 0 Å². The standard InChI is InChI=1S/C21H29N3O2/c1-16(2)9-12-21(3)19(25)24(20(26)22-21)15-23-13-10-18(11-14-23)17-7-5-4-6-8-17/h4-8,10,16H,9,11-15H2,1-3H3,(H,22,26)/p+1/t21-/m0/s1. The highest BCUT2D eigenvalue weighted by Gasteiger charge is 2.48. The van der Waals surface area contributed by atoms with Gasteiger partial charge in [0.05, 0.1) is 13.1 Å². The summed E-state index contributed by atoms with van der Waals surface area (Å²) in [5.41, 5.74) is 1.87. The van der Waals surface area contributed by atoms with Crippen molar-refractivity contribution in [3.63, 3.8) is 0 Å². The topological polar surface area (TPSA) is 53.9 Å². The van der Waals surface area contributed by atoms with Gasteiger partial charge in [0.15, 0.2) is 6.67 Å². The van der Waals surface area contributed by atoms with E-state index in [0.29, 0.717) is 19.0 Å². The molecular formula is C21H30N3O2+. The summed E-state index contributed by atoms with van der Waals surface area (Å²) in [7, 11) is 0. The maximum Gasteiger partial charge on any atom is 0.329 e. The van der Waals surface area contributed by atoms with Gasteiger partial charge < -0.3 is 10.2 Å². The zero-order chi connectivity index (χ0) is 18.7. The van der Waals surface area contributed by atoms with Gasteiger partial charge in [0.2, 0.25) is 0 Å². The lowest BCUT2D eigenvalue weighted by atomic mass is 9.92. The van der Waals surface area contributed by atoms with E-state index >= 15 is 0 Å². The number of nitrogens with one attached hydrogen (secondary N) is 2. The third kappa shape index (κ3) is 3.98. The minimum atomic E-state index is -0.748. The van der Waals surface area contributed by atoms with Crippen molar-refractivity contribution >= 4 is 17.5 Å². The number of amides is 3. The fourth-order valence-corrected chi connectivity index (χ4v) is 3.70. The highest BCUT2D eigenvalue weighted by atomic mass is 16.2. The Bertz CT molecular complexity index is 698. The van der Waals surface area contributed by atoms with E-state index in [4.69, 9.17) is 0 Å². The van der Waals surface area contributed by atoms with Gasteiger partial charge >= 0.3 is 6.03 Å². The zero-order valence-corrected chi connectivity index (χ0v) is 16.0. The van der Waals surface area contributed by atoms with Crippen LogP contribution in [0, 0.1) is 5.92 Å². The quantitative estimate of drug-likeness (QED) is 0.767. The van der Waals surface area contributed by atoms with Gasteiger partial charge in [-0.15, -0.1) is 0 Å². The Labute approximate surface area is 156 Å². The number of urea groups is 1. The molecule has 1 unspecified atom stereocenters. The number of quaternary nitrogens is 1. The van der Waals surface area contributed by atoms with Gasteiger partial charge in [-0.1, -0.05) is 44.2 Å². The highest BCUT2D eigenvalue weighted by molar-refractivity contribution is 6.06. The molecule has 0 bridgehead atoms. The normalized spacial score (nSPS) is 26.2. The SMILES string of the molecule is CC(C)CC[C@]1(C)NC(=O)N(C[NH+]2CC=C(c3ccccc3)CC2)C1=O. The van der Waals surface area contributed by atoms with Crippen molar-refractivity contribution in [2.45, 2.75) is 45.6 Å². The first-order chi connectivity index (χ1) is 12.4. The van der Waals surface area contributed by atoms with Gasteiger partial charge in [-0.25, -0.2) is 9.69 Å². The first kappa shape index (κ1) is 18.6. The van der Waals surface area contributed by atoms with Crippen molar-refractivity contribution in [1.82, 2.24) is 10.2 Å². The second-order valence-corrected chi connectivity index (χ2v) is 8.14. The molecule has 26 heavy (non-hydrogen) atoms. The number of hydrogen-bond acceptors (Lipinski definition) is 2. The molecule has 2 aliphatic rings. The second-order valence-electron chi connectivity index (χ2n) is 8.14. The van der Waals surface area contributed by atoms with Crippen molar-refractivity contribution in [3.05, 3.63) is 42.0 Å². The molecule has 2 heterocycles. The number of carbonyl (C=O) groups excluding carboxylic acids is 2. The largest absolute Gasteiger partial charge is 0.329 e. The van der Waals surface area contributed by atoms with Crippen LogP contribution >= 0.6 is 0 Å². The average molecular weight is 356 g/mol. The Morgan fingerprint density at radius 3 is 2.58 bits per heavy atom. The molecule has 5 nitrogen and oxygen atoms in total. The molecule has 3 amide bonds. The third-order valence-corrected chi connectivity index (χ3v) is 5.48. The zero-order valence-electron chi connectivity index (χ0n) is 16.0. The third-order valence-electron chi connectivity index (χ3n) is 5.48. The fourth-order valence-electron chi connectivity index (χ4n) is 3.70. The van der Waals surface area contributed by atoms with Crippen LogP contribution in [0.2, 0.25) is 0 Å².